The van der Waals surface area contributed by atoms with Crippen LogP contribution in [-0.2, 0) is 0 Å². The summed E-state index contributed by atoms with van der Waals surface area (Å²) in [4.78, 5) is 3.74. The van der Waals surface area contributed by atoms with E-state index in [4.69, 9.17) is 5.73 Å². The quantitative estimate of drug-likeness (QED) is 0.658. The maximum atomic E-state index is 12.0. The molecule has 0 fully saturated rings. The fraction of sp³-hybridized carbons (Fsp3) is 0. The minimum Gasteiger partial charge on any atom is -0.399 e. The molecule has 68 valence electrons. The van der Waals surface area contributed by atoms with Crippen LogP contribution in [0.15, 0.2) is 41.4 Å². The number of halogens is 1. The Labute approximate surface area is 79.9 Å². The SMILES string of the molecule is Nc1ccc(F)cc1.c1cscn1. The van der Waals surface area contributed by atoms with Gasteiger partial charge in [-0.1, -0.05) is 0 Å². The Bertz CT molecular complexity index is 280. The molecule has 2 N–H and O–H groups in total. The van der Waals surface area contributed by atoms with Crippen molar-refractivity contribution in [3.8, 4) is 0 Å². The van der Waals surface area contributed by atoms with Gasteiger partial charge < -0.3 is 5.73 Å². The number of anilines is 1. The largest absolute Gasteiger partial charge is 0.399 e. The Kier molecular flexibility index (Phi) is 3.92. The standard InChI is InChI=1S/C6H6FN.C3H3NS/c7-5-1-3-6(8)4-2-5;1-2-5-3-4-1/h1-4H,8H2;1-3H. The molecule has 0 aliphatic carbocycles. The summed E-state index contributed by atoms with van der Waals surface area (Å²) >= 11 is 1.60. The van der Waals surface area contributed by atoms with Crippen LogP contribution in [0.2, 0.25) is 0 Å². The van der Waals surface area contributed by atoms with Gasteiger partial charge in [0.1, 0.15) is 5.82 Å². The van der Waals surface area contributed by atoms with Gasteiger partial charge in [0.15, 0.2) is 0 Å². The molecule has 4 heteroatoms. The average molecular weight is 196 g/mol. The van der Waals surface area contributed by atoms with Crippen LogP contribution >= 0.6 is 11.3 Å². The Hall–Kier alpha value is -1.42. The average Bonchev–Trinajstić information content (AvgIpc) is 2.68. The first-order valence-electron chi connectivity index (χ1n) is 3.62. The molecular formula is C9H9FN2S. The number of hydrogen-bond acceptors (Lipinski definition) is 3. The highest BCUT2D eigenvalue weighted by atomic mass is 32.1. The summed E-state index contributed by atoms with van der Waals surface area (Å²) in [6.45, 7) is 0. The Balaban J connectivity index is 0.000000145. The molecule has 13 heavy (non-hydrogen) atoms. The topological polar surface area (TPSA) is 38.9 Å². The van der Waals surface area contributed by atoms with E-state index < -0.39 is 0 Å². The molecule has 0 aliphatic heterocycles. The molecule has 0 bridgehead atoms. The number of aromatic nitrogens is 1. The number of nitrogens with zero attached hydrogens (tertiary/aromatic N) is 1. The highest BCUT2D eigenvalue weighted by molar-refractivity contribution is 7.07. The van der Waals surface area contributed by atoms with E-state index in [1.807, 2.05) is 5.38 Å². The van der Waals surface area contributed by atoms with Crippen LogP contribution in [-0.4, -0.2) is 4.98 Å². The van der Waals surface area contributed by atoms with Crippen molar-refractivity contribution in [2.75, 3.05) is 5.73 Å². The predicted molar refractivity (Wildman–Crippen MR) is 52.9 cm³/mol. The Morgan fingerprint density at radius 3 is 2.23 bits per heavy atom. The second-order valence-electron chi connectivity index (χ2n) is 2.23. The Morgan fingerprint density at radius 2 is 1.92 bits per heavy atom. The summed E-state index contributed by atoms with van der Waals surface area (Å²) in [6.07, 6.45) is 1.77. The first-order chi connectivity index (χ1) is 6.29. The van der Waals surface area contributed by atoms with Gasteiger partial charge in [-0.3, -0.25) is 4.98 Å². The molecule has 0 amide bonds. The Morgan fingerprint density at radius 1 is 1.23 bits per heavy atom. The van der Waals surface area contributed by atoms with Crippen molar-refractivity contribution >= 4 is 17.0 Å². The molecule has 2 rings (SSSR count). The molecule has 0 aliphatic rings. The first kappa shape index (κ1) is 9.67. The van der Waals surface area contributed by atoms with Crippen molar-refractivity contribution in [3.63, 3.8) is 0 Å². The van der Waals surface area contributed by atoms with Gasteiger partial charge in [-0.25, -0.2) is 4.39 Å². The molecule has 0 spiro atoms. The van der Waals surface area contributed by atoms with E-state index in [2.05, 4.69) is 4.98 Å². The van der Waals surface area contributed by atoms with Crippen LogP contribution in [0.3, 0.4) is 0 Å². The molecule has 1 aromatic carbocycles. The number of benzene rings is 1. The van der Waals surface area contributed by atoms with E-state index in [1.54, 1.807) is 23.0 Å². The number of rotatable bonds is 0. The molecule has 1 heterocycles. The highest BCUT2D eigenvalue weighted by Crippen LogP contribution is 2.01. The molecule has 2 aromatic rings. The normalized spacial score (nSPS) is 8.69. The van der Waals surface area contributed by atoms with Crippen molar-refractivity contribution in [1.29, 1.82) is 0 Å². The van der Waals surface area contributed by atoms with Gasteiger partial charge in [0.05, 0.1) is 5.51 Å². The lowest BCUT2D eigenvalue weighted by atomic mass is 10.3. The smallest absolute Gasteiger partial charge is 0.123 e. The zero-order valence-electron chi connectivity index (χ0n) is 6.85. The maximum absolute atomic E-state index is 12.0. The first-order valence-corrected chi connectivity index (χ1v) is 4.56. The number of nitrogens with two attached hydrogens (primary N) is 1. The zero-order valence-corrected chi connectivity index (χ0v) is 7.67. The van der Waals surface area contributed by atoms with Crippen LogP contribution in [0, 0.1) is 5.82 Å². The maximum Gasteiger partial charge on any atom is 0.123 e. The van der Waals surface area contributed by atoms with Gasteiger partial charge in [0.2, 0.25) is 0 Å². The summed E-state index contributed by atoms with van der Waals surface area (Å²) < 4.78 is 12.0. The third-order valence-corrected chi connectivity index (χ3v) is 1.74. The summed E-state index contributed by atoms with van der Waals surface area (Å²) in [5.41, 5.74) is 7.64. The fourth-order valence-corrected chi connectivity index (χ4v) is 0.990. The van der Waals surface area contributed by atoms with Gasteiger partial charge in [0, 0.05) is 17.3 Å². The van der Waals surface area contributed by atoms with Gasteiger partial charge in [-0.2, -0.15) is 0 Å². The molecule has 0 radical (unpaired) electrons. The van der Waals surface area contributed by atoms with Crippen molar-refractivity contribution in [2.45, 2.75) is 0 Å². The monoisotopic (exact) mass is 196 g/mol. The van der Waals surface area contributed by atoms with Crippen molar-refractivity contribution in [2.24, 2.45) is 0 Å². The van der Waals surface area contributed by atoms with E-state index in [1.165, 1.54) is 24.3 Å². The summed E-state index contributed by atoms with van der Waals surface area (Å²) in [6, 6.07) is 5.70. The number of thiazole rings is 1. The van der Waals surface area contributed by atoms with Gasteiger partial charge in [0.25, 0.3) is 0 Å². The summed E-state index contributed by atoms with van der Waals surface area (Å²) in [7, 11) is 0. The zero-order chi connectivity index (χ0) is 9.52. The highest BCUT2D eigenvalue weighted by Gasteiger charge is 1.83. The second-order valence-corrected chi connectivity index (χ2v) is 2.98. The minimum atomic E-state index is -0.251. The van der Waals surface area contributed by atoms with Crippen molar-refractivity contribution in [3.05, 3.63) is 47.2 Å². The predicted octanol–water partition coefficient (Wildman–Crippen LogP) is 2.55. The third kappa shape index (κ3) is 4.22. The lowest BCUT2D eigenvalue weighted by Crippen LogP contribution is -1.82. The molecule has 0 saturated carbocycles. The van der Waals surface area contributed by atoms with E-state index in [-0.39, 0.29) is 5.82 Å². The summed E-state index contributed by atoms with van der Waals surface area (Å²) in [5, 5.41) is 1.93. The van der Waals surface area contributed by atoms with Gasteiger partial charge in [-0.05, 0) is 24.3 Å². The van der Waals surface area contributed by atoms with E-state index in [9.17, 15) is 4.39 Å². The van der Waals surface area contributed by atoms with Crippen LogP contribution in [0.5, 0.6) is 0 Å². The molecule has 1 aromatic heterocycles. The molecule has 2 nitrogen and oxygen atoms in total. The van der Waals surface area contributed by atoms with Crippen molar-refractivity contribution in [1.82, 2.24) is 4.98 Å². The molecule has 0 unspecified atom stereocenters. The minimum absolute atomic E-state index is 0.251. The van der Waals surface area contributed by atoms with Crippen LogP contribution in [0.1, 0.15) is 0 Å². The third-order valence-electron chi connectivity index (χ3n) is 1.22. The molecule has 0 atom stereocenters. The van der Waals surface area contributed by atoms with Gasteiger partial charge >= 0.3 is 0 Å². The van der Waals surface area contributed by atoms with Crippen LogP contribution < -0.4 is 5.73 Å². The van der Waals surface area contributed by atoms with Crippen molar-refractivity contribution < 1.29 is 4.39 Å². The van der Waals surface area contributed by atoms with Crippen LogP contribution in [0.25, 0.3) is 0 Å². The molecule has 0 saturated heterocycles. The lowest BCUT2D eigenvalue weighted by molar-refractivity contribution is 0.628. The van der Waals surface area contributed by atoms with E-state index >= 15 is 0 Å². The number of hydrogen-bond donors (Lipinski definition) is 1. The fourth-order valence-electron chi connectivity index (χ4n) is 0.638. The van der Waals surface area contributed by atoms with E-state index in [0.29, 0.717) is 5.69 Å². The molecular weight excluding hydrogens is 187 g/mol. The van der Waals surface area contributed by atoms with E-state index in [0.717, 1.165) is 0 Å². The van der Waals surface area contributed by atoms with Gasteiger partial charge in [-0.15, -0.1) is 11.3 Å². The number of nitrogen functional groups attached to an aromatic ring is 1. The van der Waals surface area contributed by atoms with Crippen LogP contribution in [0.4, 0.5) is 10.1 Å². The second kappa shape index (κ2) is 5.27. The summed E-state index contributed by atoms with van der Waals surface area (Å²) in [5.74, 6) is -0.251. The lowest BCUT2D eigenvalue weighted by Gasteiger charge is -1.87.